The van der Waals surface area contributed by atoms with E-state index >= 15 is 0 Å². The maximum atomic E-state index is 12.2. The number of hydrogen-bond acceptors (Lipinski definition) is 8. The highest BCUT2D eigenvalue weighted by Crippen LogP contribution is 2.14. The van der Waals surface area contributed by atoms with Gasteiger partial charge in [0.05, 0.1) is 29.6 Å². The number of esters is 2. The number of nitrogens with one attached hydrogen (secondary N) is 1. The number of aliphatic imine (C=N–C) groups is 1. The van der Waals surface area contributed by atoms with Crippen molar-refractivity contribution in [1.29, 1.82) is 0 Å². The SMILES string of the molecule is CN=C(N)N(C)CCOc1ccc(C(=O)OC(=O)C[C@@H](N)NS(=O)(=O)c2ccccc2)cc1. The second kappa shape index (κ2) is 11.9. The Morgan fingerprint density at radius 1 is 1.12 bits per heavy atom. The van der Waals surface area contributed by atoms with Gasteiger partial charge in [0.1, 0.15) is 12.4 Å². The molecule has 0 saturated heterocycles. The molecule has 0 amide bonds. The average molecular weight is 478 g/mol. The summed E-state index contributed by atoms with van der Waals surface area (Å²) >= 11 is 0. The Morgan fingerprint density at radius 2 is 1.76 bits per heavy atom. The molecule has 0 aliphatic rings. The van der Waals surface area contributed by atoms with Crippen molar-refractivity contribution in [2.75, 3.05) is 27.2 Å². The highest BCUT2D eigenvalue weighted by atomic mass is 32.2. The Bertz CT molecular complexity index is 1070. The number of guanidine groups is 1. The van der Waals surface area contributed by atoms with E-state index in [1.807, 2.05) is 0 Å². The van der Waals surface area contributed by atoms with E-state index in [1.54, 1.807) is 49.3 Å². The molecule has 0 unspecified atom stereocenters. The van der Waals surface area contributed by atoms with Gasteiger partial charge >= 0.3 is 11.9 Å². The normalized spacial score (nSPS) is 12.6. The van der Waals surface area contributed by atoms with Gasteiger partial charge in [-0.05, 0) is 36.4 Å². The summed E-state index contributed by atoms with van der Waals surface area (Å²) in [7, 11) is -0.541. The number of hydrogen-bond donors (Lipinski definition) is 3. The van der Waals surface area contributed by atoms with Gasteiger partial charge in [-0.15, -0.1) is 0 Å². The van der Waals surface area contributed by atoms with Gasteiger partial charge in [0.25, 0.3) is 0 Å². The van der Waals surface area contributed by atoms with Crippen LogP contribution >= 0.6 is 0 Å². The summed E-state index contributed by atoms with van der Waals surface area (Å²) in [6, 6.07) is 13.5. The van der Waals surface area contributed by atoms with Crippen molar-refractivity contribution in [2.24, 2.45) is 16.5 Å². The van der Waals surface area contributed by atoms with Gasteiger partial charge in [0.2, 0.25) is 10.0 Å². The highest BCUT2D eigenvalue weighted by Gasteiger charge is 2.21. The molecule has 2 aromatic rings. The molecule has 5 N–H and O–H groups in total. The summed E-state index contributed by atoms with van der Waals surface area (Å²) in [6.07, 6.45) is -1.80. The van der Waals surface area contributed by atoms with E-state index in [1.165, 1.54) is 24.3 Å². The van der Waals surface area contributed by atoms with Crippen molar-refractivity contribution in [2.45, 2.75) is 17.5 Å². The standard InChI is InChI=1S/C21H27N5O6S/c1-24-21(23)26(2)12-13-31-16-10-8-15(9-11-16)20(28)32-19(27)14-18(22)25-33(29,30)17-6-4-3-5-7-17/h3-11,18,25H,12-14,22H2,1-2H3,(H2,23,24)/t18-/m0/s1. The van der Waals surface area contributed by atoms with Gasteiger partial charge in [0.15, 0.2) is 5.96 Å². The Balaban J connectivity index is 1.82. The lowest BCUT2D eigenvalue weighted by Gasteiger charge is -2.17. The van der Waals surface area contributed by atoms with Crippen LogP contribution in [0.5, 0.6) is 5.75 Å². The van der Waals surface area contributed by atoms with E-state index in [0.717, 1.165) is 0 Å². The molecule has 33 heavy (non-hydrogen) atoms. The van der Waals surface area contributed by atoms with Crippen LogP contribution in [0.25, 0.3) is 0 Å². The number of likely N-dealkylation sites (N-methyl/N-ethyl adjacent to an activating group) is 1. The summed E-state index contributed by atoms with van der Waals surface area (Å²) < 4.78 is 36.9. The minimum absolute atomic E-state index is 0.000750. The van der Waals surface area contributed by atoms with Crippen LogP contribution in [-0.4, -0.2) is 64.6 Å². The van der Waals surface area contributed by atoms with Crippen LogP contribution in [-0.2, 0) is 19.6 Å². The lowest BCUT2D eigenvalue weighted by molar-refractivity contribution is -0.138. The van der Waals surface area contributed by atoms with Crippen LogP contribution in [0, 0.1) is 0 Å². The predicted molar refractivity (Wildman–Crippen MR) is 122 cm³/mol. The highest BCUT2D eigenvalue weighted by molar-refractivity contribution is 7.89. The first-order valence-corrected chi connectivity index (χ1v) is 11.3. The van der Waals surface area contributed by atoms with E-state index in [0.29, 0.717) is 24.9 Å². The van der Waals surface area contributed by atoms with Gasteiger partial charge in [-0.2, -0.15) is 4.72 Å². The van der Waals surface area contributed by atoms with E-state index in [-0.39, 0.29) is 10.5 Å². The average Bonchev–Trinajstić information content (AvgIpc) is 2.78. The second-order valence-corrected chi connectivity index (χ2v) is 8.60. The summed E-state index contributed by atoms with van der Waals surface area (Å²) in [5.41, 5.74) is 11.5. The van der Waals surface area contributed by atoms with Crippen molar-refractivity contribution in [3.8, 4) is 5.75 Å². The minimum Gasteiger partial charge on any atom is -0.492 e. The third-order valence-corrected chi connectivity index (χ3v) is 5.86. The molecule has 0 heterocycles. The number of nitrogens with two attached hydrogens (primary N) is 2. The van der Waals surface area contributed by atoms with Crippen molar-refractivity contribution < 1.29 is 27.5 Å². The molecule has 0 aliphatic heterocycles. The molecule has 0 radical (unpaired) electrons. The lowest BCUT2D eigenvalue weighted by atomic mass is 10.2. The Kier molecular flexibility index (Phi) is 9.33. The number of benzene rings is 2. The molecule has 0 aromatic heterocycles. The summed E-state index contributed by atoms with van der Waals surface area (Å²) in [5.74, 6) is -0.970. The van der Waals surface area contributed by atoms with Crippen LogP contribution < -0.4 is 20.9 Å². The molecule has 178 valence electrons. The van der Waals surface area contributed by atoms with Crippen LogP contribution in [0.2, 0.25) is 0 Å². The molecule has 12 heteroatoms. The van der Waals surface area contributed by atoms with Crippen molar-refractivity contribution in [3.05, 3.63) is 60.2 Å². The molecule has 11 nitrogen and oxygen atoms in total. The summed E-state index contributed by atoms with van der Waals surface area (Å²) in [4.78, 5) is 29.8. The smallest absolute Gasteiger partial charge is 0.345 e. The monoisotopic (exact) mass is 477 g/mol. The Labute approximate surface area is 192 Å². The molecule has 0 aliphatic carbocycles. The third kappa shape index (κ3) is 8.18. The molecule has 0 bridgehead atoms. The fraction of sp³-hybridized carbons (Fsp3) is 0.286. The maximum Gasteiger partial charge on any atom is 0.345 e. The number of carbonyl (C=O) groups excluding carboxylic acids is 2. The second-order valence-electron chi connectivity index (χ2n) is 6.88. The number of carbonyl (C=O) groups is 2. The number of rotatable bonds is 10. The van der Waals surface area contributed by atoms with Crippen LogP contribution in [0.15, 0.2) is 64.5 Å². The van der Waals surface area contributed by atoms with E-state index in [2.05, 4.69) is 9.71 Å². The van der Waals surface area contributed by atoms with Gasteiger partial charge in [-0.3, -0.25) is 9.79 Å². The fourth-order valence-electron chi connectivity index (χ4n) is 2.57. The van der Waals surface area contributed by atoms with E-state index < -0.39 is 34.5 Å². The molecular formula is C21H27N5O6S. The Hall–Kier alpha value is -3.48. The molecule has 1 atom stereocenters. The quantitative estimate of drug-likeness (QED) is 0.143. The fourth-order valence-corrected chi connectivity index (χ4v) is 3.70. The predicted octanol–water partition coefficient (Wildman–Crippen LogP) is 0.279. The maximum absolute atomic E-state index is 12.2. The zero-order chi connectivity index (χ0) is 24.4. The molecule has 2 aromatic carbocycles. The molecule has 0 fully saturated rings. The van der Waals surface area contributed by atoms with Gasteiger partial charge in [0, 0.05) is 14.1 Å². The topological polar surface area (TPSA) is 166 Å². The van der Waals surface area contributed by atoms with Crippen LogP contribution in [0.3, 0.4) is 0 Å². The summed E-state index contributed by atoms with van der Waals surface area (Å²) in [6.45, 7) is 0.849. The summed E-state index contributed by atoms with van der Waals surface area (Å²) in [5, 5.41) is 0. The van der Waals surface area contributed by atoms with E-state index in [9.17, 15) is 18.0 Å². The lowest BCUT2D eigenvalue weighted by Crippen LogP contribution is -2.43. The van der Waals surface area contributed by atoms with Crippen LogP contribution in [0.4, 0.5) is 0 Å². The number of ether oxygens (including phenoxy) is 2. The zero-order valence-electron chi connectivity index (χ0n) is 18.3. The Morgan fingerprint density at radius 3 is 2.36 bits per heavy atom. The molecule has 0 saturated carbocycles. The first-order valence-electron chi connectivity index (χ1n) is 9.86. The van der Waals surface area contributed by atoms with Gasteiger partial charge in [-0.25, -0.2) is 13.2 Å². The third-order valence-electron chi connectivity index (χ3n) is 4.36. The van der Waals surface area contributed by atoms with E-state index in [4.69, 9.17) is 20.9 Å². The molecular weight excluding hydrogens is 450 g/mol. The van der Waals surface area contributed by atoms with Crippen molar-refractivity contribution in [1.82, 2.24) is 9.62 Å². The van der Waals surface area contributed by atoms with Crippen molar-refractivity contribution >= 4 is 27.9 Å². The molecule has 0 spiro atoms. The van der Waals surface area contributed by atoms with Gasteiger partial charge in [-0.1, -0.05) is 18.2 Å². The van der Waals surface area contributed by atoms with Crippen LogP contribution in [0.1, 0.15) is 16.8 Å². The first-order chi connectivity index (χ1) is 15.6. The first kappa shape index (κ1) is 25.8. The zero-order valence-corrected chi connectivity index (χ0v) is 19.1. The minimum atomic E-state index is -3.91. The van der Waals surface area contributed by atoms with Crippen molar-refractivity contribution in [3.63, 3.8) is 0 Å². The number of sulfonamides is 1. The number of nitrogens with zero attached hydrogens (tertiary/aromatic N) is 2. The molecule has 2 rings (SSSR count). The largest absolute Gasteiger partial charge is 0.492 e. The van der Waals surface area contributed by atoms with Gasteiger partial charge < -0.3 is 25.8 Å².